The molecule has 9 nitrogen and oxygen atoms in total. The van der Waals surface area contributed by atoms with E-state index in [4.69, 9.17) is 20.7 Å². The van der Waals surface area contributed by atoms with Crippen molar-refractivity contribution in [3.63, 3.8) is 0 Å². The lowest BCUT2D eigenvalue weighted by Crippen LogP contribution is -2.34. The minimum absolute atomic E-state index is 0.0885. The minimum Gasteiger partial charge on any atom is -0.484 e. The van der Waals surface area contributed by atoms with Crippen LogP contribution in [0, 0.1) is 16.8 Å². The zero-order valence-corrected chi connectivity index (χ0v) is 19.1. The summed E-state index contributed by atoms with van der Waals surface area (Å²) in [6.45, 7) is 4.03. The molecule has 1 aliphatic heterocycles. The summed E-state index contributed by atoms with van der Waals surface area (Å²) in [7, 11) is 0. The number of piperidine rings is 1. The molecule has 3 aromatic rings. The molecular formula is C22H25FN8OS. The molecule has 0 aliphatic carbocycles. The molecular weight excluding hydrogens is 443 g/mol. The largest absolute Gasteiger partial charge is 0.484 e. The molecule has 4 rings (SSSR count). The number of anilines is 2. The van der Waals surface area contributed by atoms with E-state index in [0.29, 0.717) is 5.92 Å². The van der Waals surface area contributed by atoms with E-state index in [1.807, 2.05) is 17.8 Å². The molecule has 1 aliphatic rings. The standard InChI is InChI=1S/C22H25FN8OS/c1-2-15-10-26-22(27-11-15)30-7-5-16(6-8-30)21-28-17(13-33-21)12-32-20-4-3-18(9-19(20)23)31(14-24)29-25/h3-4,9-11,13-14,16,24-25H,2,5-8,12H2,1H3. The van der Waals surface area contributed by atoms with Crippen LogP contribution in [0.2, 0.25) is 0 Å². The zero-order chi connectivity index (χ0) is 23.2. The van der Waals surface area contributed by atoms with E-state index in [0.717, 1.165) is 65.9 Å². The van der Waals surface area contributed by atoms with Crippen LogP contribution in [0.1, 0.15) is 41.9 Å². The fourth-order valence-corrected chi connectivity index (χ4v) is 4.63. The maximum absolute atomic E-state index is 14.3. The molecule has 0 unspecified atom stereocenters. The summed E-state index contributed by atoms with van der Waals surface area (Å²) in [6.07, 6.45) is 7.51. The number of hydrogen-bond donors (Lipinski definition) is 2. The highest BCUT2D eigenvalue weighted by molar-refractivity contribution is 7.09. The van der Waals surface area contributed by atoms with Crippen LogP contribution in [0.25, 0.3) is 0 Å². The summed E-state index contributed by atoms with van der Waals surface area (Å²) in [5, 5.41) is 14.3. The Hall–Kier alpha value is -3.47. The predicted molar refractivity (Wildman–Crippen MR) is 125 cm³/mol. The van der Waals surface area contributed by atoms with E-state index in [1.165, 1.54) is 12.1 Å². The average Bonchev–Trinajstić information content (AvgIpc) is 3.33. The van der Waals surface area contributed by atoms with Crippen molar-refractivity contribution < 1.29 is 9.13 Å². The number of thiazole rings is 1. The molecule has 0 atom stereocenters. The van der Waals surface area contributed by atoms with Crippen LogP contribution < -0.4 is 14.6 Å². The lowest BCUT2D eigenvalue weighted by molar-refractivity contribution is 0.286. The molecule has 2 aromatic heterocycles. The maximum Gasteiger partial charge on any atom is 0.225 e. The van der Waals surface area contributed by atoms with Crippen LogP contribution in [0.15, 0.2) is 41.2 Å². The summed E-state index contributed by atoms with van der Waals surface area (Å²) in [4.78, 5) is 15.9. The van der Waals surface area contributed by atoms with Crippen molar-refractivity contribution in [1.29, 1.82) is 10.9 Å². The van der Waals surface area contributed by atoms with Gasteiger partial charge in [-0.25, -0.2) is 24.4 Å². The van der Waals surface area contributed by atoms with Crippen LogP contribution in [0.5, 0.6) is 5.75 Å². The van der Waals surface area contributed by atoms with Gasteiger partial charge >= 0.3 is 0 Å². The van der Waals surface area contributed by atoms with E-state index < -0.39 is 5.82 Å². The van der Waals surface area contributed by atoms with Gasteiger partial charge in [0.1, 0.15) is 12.9 Å². The van der Waals surface area contributed by atoms with Crippen molar-refractivity contribution in [2.75, 3.05) is 23.0 Å². The van der Waals surface area contributed by atoms with Gasteiger partial charge in [0.05, 0.1) is 16.4 Å². The number of nitrogens with zero attached hydrogens (tertiary/aromatic N) is 6. The van der Waals surface area contributed by atoms with Crippen LogP contribution >= 0.6 is 11.3 Å². The number of rotatable bonds is 9. The van der Waals surface area contributed by atoms with Crippen LogP contribution in [0.4, 0.5) is 16.0 Å². The molecule has 1 saturated heterocycles. The highest BCUT2D eigenvalue weighted by Crippen LogP contribution is 2.32. The van der Waals surface area contributed by atoms with E-state index in [9.17, 15) is 4.39 Å². The fourth-order valence-electron chi connectivity index (χ4n) is 3.66. The summed E-state index contributed by atoms with van der Waals surface area (Å²) in [6, 6.07) is 4.18. The molecule has 0 amide bonds. The van der Waals surface area contributed by atoms with Gasteiger partial charge in [-0.1, -0.05) is 12.1 Å². The molecule has 2 N–H and O–H groups in total. The Morgan fingerprint density at radius 1 is 1.30 bits per heavy atom. The lowest BCUT2D eigenvalue weighted by atomic mass is 9.98. The van der Waals surface area contributed by atoms with Gasteiger partial charge in [-0.2, -0.15) is 5.53 Å². The third-order valence-electron chi connectivity index (χ3n) is 5.58. The summed E-state index contributed by atoms with van der Waals surface area (Å²) in [5.41, 5.74) is 9.18. The number of ether oxygens (including phenoxy) is 1. The molecule has 0 saturated carbocycles. The Labute approximate surface area is 195 Å². The lowest BCUT2D eigenvalue weighted by Gasteiger charge is -2.31. The summed E-state index contributed by atoms with van der Waals surface area (Å²) >= 11 is 1.61. The van der Waals surface area contributed by atoms with Crippen molar-refractivity contribution in [1.82, 2.24) is 15.0 Å². The topological polar surface area (TPSA) is 114 Å². The second-order valence-corrected chi connectivity index (χ2v) is 8.55. The van der Waals surface area contributed by atoms with E-state index in [1.54, 1.807) is 17.4 Å². The van der Waals surface area contributed by atoms with Crippen LogP contribution in [-0.4, -0.2) is 34.4 Å². The first-order valence-corrected chi connectivity index (χ1v) is 11.6. The number of halogens is 1. The smallest absolute Gasteiger partial charge is 0.225 e. The quantitative estimate of drug-likeness (QED) is 0.199. The van der Waals surface area contributed by atoms with Crippen molar-refractivity contribution >= 4 is 29.3 Å². The highest BCUT2D eigenvalue weighted by Gasteiger charge is 2.24. The third kappa shape index (κ3) is 5.30. The number of benzene rings is 1. The Morgan fingerprint density at radius 2 is 2.06 bits per heavy atom. The van der Waals surface area contributed by atoms with Crippen LogP contribution in [-0.2, 0) is 13.0 Å². The van der Waals surface area contributed by atoms with E-state index in [2.05, 4.69) is 27.0 Å². The van der Waals surface area contributed by atoms with Crippen molar-refractivity contribution in [2.45, 2.75) is 38.7 Å². The zero-order valence-electron chi connectivity index (χ0n) is 18.2. The van der Waals surface area contributed by atoms with Gasteiger partial charge in [0, 0.05) is 42.8 Å². The molecule has 3 heterocycles. The van der Waals surface area contributed by atoms with E-state index >= 15 is 0 Å². The minimum atomic E-state index is -0.583. The third-order valence-corrected chi connectivity index (χ3v) is 6.64. The van der Waals surface area contributed by atoms with Gasteiger partial charge in [0.2, 0.25) is 5.95 Å². The average molecular weight is 469 g/mol. The van der Waals surface area contributed by atoms with Crippen LogP contribution in [0.3, 0.4) is 0 Å². The maximum atomic E-state index is 14.3. The molecule has 33 heavy (non-hydrogen) atoms. The number of aromatic nitrogens is 3. The Kier molecular flexibility index (Phi) is 7.18. The van der Waals surface area contributed by atoms with Crippen molar-refractivity contribution in [2.24, 2.45) is 5.22 Å². The Morgan fingerprint density at radius 3 is 2.70 bits per heavy atom. The number of aryl methyl sites for hydroxylation is 1. The van der Waals surface area contributed by atoms with Gasteiger partial charge in [-0.15, -0.1) is 11.3 Å². The van der Waals surface area contributed by atoms with E-state index in [-0.39, 0.29) is 18.0 Å². The number of hydrogen-bond acceptors (Lipinski definition) is 9. The Bertz CT molecular complexity index is 1090. The molecule has 0 spiro atoms. The predicted octanol–water partition coefficient (Wildman–Crippen LogP) is 4.96. The second kappa shape index (κ2) is 10.4. The Balaban J connectivity index is 1.31. The summed E-state index contributed by atoms with van der Waals surface area (Å²) < 4.78 is 19.9. The highest BCUT2D eigenvalue weighted by atomic mass is 32.1. The first kappa shape index (κ1) is 22.7. The molecule has 172 valence electrons. The second-order valence-electron chi connectivity index (χ2n) is 7.66. The SMILES string of the molecule is CCc1cnc(N2CCC(c3nc(COc4ccc(N(C=N)N=N)cc4F)cs3)CC2)nc1. The van der Waals surface area contributed by atoms with Gasteiger partial charge in [0.15, 0.2) is 11.6 Å². The molecule has 0 radical (unpaired) electrons. The fraction of sp³-hybridized carbons (Fsp3) is 0.364. The van der Waals surface area contributed by atoms with Gasteiger partial charge in [0.25, 0.3) is 0 Å². The molecule has 0 bridgehead atoms. The first-order chi connectivity index (χ1) is 16.1. The molecule has 1 aromatic carbocycles. The monoisotopic (exact) mass is 468 g/mol. The van der Waals surface area contributed by atoms with Crippen molar-refractivity contribution in [3.05, 3.63) is 58.1 Å². The first-order valence-electron chi connectivity index (χ1n) is 10.7. The van der Waals surface area contributed by atoms with Gasteiger partial charge in [-0.3, -0.25) is 5.41 Å². The molecule has 1 fully saturated rings. The summed E-state index contributed by atoms with van der Waals surface area (Å²) in [5.74, 6) is 0.671. The molecule has 11 heteroatoms. The number of nitrogens with one attached hydrogen (secondary N) is 2. The van der Waals surface area contributed by atoms with Crippen molar-refractivity contribution in [3.8, 4) is 5.75 Å². The van der Waals surface area contributed by atoms with Gasteiger partial charge < -0.3 is 9.64 Å². The van der Waals surface area contributed by atoms with Gasteiger partial charge in [-0.05, 0) is 37.0 Å². The normalized spacial score (nSPS) is 14.2.